The Morgan fingerprint density at radius 1 is 1.10 bits per heavy atom. The Kier molecular flexibility index (Phi) is 6.07. The van der Waals surface area contributed by atoms with Crippen molar-refractivity contribution in [1.29, 1.82) is 0 Å². The van der Waals surface area contributed by atoms with Crippen molar-refractivity contribution in [1.82, 2.24) is 9.97 Å². The summed E-state index contributed by atoms with van der Waals surface area (Å²) in [4.78, 5) is 22.2. The smallest absolute Gasteiger partial charge is 0.278 e. The molecule has 3 rings (SSSR count). The number of benzene rings is 1. The molecule has 3 aromatic rings. The molecule has 0 aliphatic rings. The minimum Gasteiger partial charge on any atom is -0.310 e. The van der Waals surface area contributed by atoms with Crippen LogP contribution in [0.4, 0.5) is 11.4 Å². The molecule has 0 aliphatic carbocycles. The second-order valence-corrected chi connectivity index (χ2v) is 8.66. The lowest BCUT2D eigenvalue weighted by atomic mass is 10.2. The van der Waals surface area contributed by atoms with Gasteiger partial charge in [0.25, 0.3) is 15.9 Å². The summed E-state index contributed by atoms with van der Waals surface area (Å²) in [6.07, 6.45) is 4.36. The Bertz CT molecular complexity index is 1170. The predicted octanol–water partition coefficient (Wildman–Crippen LogP) is 4.17. The van der Waals surface area contributed by atoms with Gasteiger partial charge in [-0.2, -0.15) is 0 Å². The molecule has 1 amide bonds. The first-order valence-corrected chi connectivity index (χ1v) is 10.6. The molecule has 0 saturated heterocycles. The highest BCUT2D eigenvalue weighted by Gasteiger charge is 2.23. The normalized spacial score (nSPS) is 11.2. The van der Waals surface area contributed by atoms with Gasteiger partial charge in [-0.05, 0) is 48.9 Å². The van der Waals surface area contributed by atoms with E-state index in [0.717, 1.165) is 0 Å². The Morgan fingerprint density at radius 2 is 1.79 bits per heavy atom. The highest BCUT2D eigenvalue weighted by molar-refractivity contribution is 7.92. The molecule has 0 unspecified atom stereocenters. The summed E-state index contributed by atoms with van der Waals surface area (Å²) < 4.78 is 28.1. The largest absolute Gasteiger partial charge is 0.310 e. The average Bonchev–Trinajstić information content (AvgIpc) is 2.69. The van der Waals surface area contributed by atoms with Gasteiger partial charge in [0, 0.05) is 36.3 Å². The maximum absolute atomic E-state index is 12.9. The fourth-order valence-corrected chi connectivity index (χ4v) is 3.94. The lowest BCUT2D eigenvalue weighted by Gasteiger charge is -2.19. The van der Waals surface area contributed by atoms with E-state index in [1.165, 1.54) is 35.4 Å². The number of hydrogen-bond acceptors (Lipinski definition) is 5. The zero-order valence-corrected chi connectivity index (χ0v) is 17.8. The van der Waals surface area contributed by atoms with Crippen LogP contribution in [-0.2, 0) is 10.0 Å². The molecule has 0 spiro atoms. The molecule has 2 aromatic heterocycles. The zero-order valence-electron chi connectivity index (χ0n) is 15.4. The van der Waals surface area contributed by atoms with E-state index >= 15 is 0 Å². The van der Waals surface area contributed by atoms with Gasteiger partial charge in [-0.25, -0.2) is 13.4 Å². The topological polar surface area (TPSA) is 92.3 Å². The highest BCUT2D eigenvalue weighted by atomic mass is 35.5. The molecule has 0 aliphatic heterocycles. The zero-order chi connectivity index (χ0) is 21.2. The third-order valence-electron chi connectivity index (χ3n) is 4.10. The van der Waals surface area contributed by atoms with E-state index in [2.05, 4.69) is 14.7 Å². The minimum atomic E-state index is -4.00. The van der Waals surface area contributed by atoms with Crippen molar-refractivity contribution in [2.45, 2.75) is 11.8 Å². The quantitative estimate of drug-likeness (QED) is 0.629. The number of rotatable bonds is 5. The van der Waals surface area contributed by atoms with E-state index in [1.807, 2.05) is 0 Å². The summed E-state index contributed by atoms with van der Waals surface area (Å²) in [7, 11) is -2.45. The van der Waals surface area contributed by atoms with Crippen molar-refractivity contribution >= 4 is 50.5 Å². The van der Waals surface area contributed by atoms with E-state index in [0.29, 0.717) is 16.3 Å². The summed E-state index contributed by atoms with van der Waals surface area (Å²) in [5.41, 5.74) is 1.05. The molecule has 0 radical (unpaired) electrons. The van der Waals surface area contributed by atoms with Crippen LogP contribution in [0.5, 0.6) is 0 Å². The van der Waals surface area contributed by atoms with Crippen LogP contribution in [0.15, 0.2) is 59.9 Å². The second-order valence-electron chi connectivity index (χ2n) is 6.14. The van der Waals surface area contributed by atoms with Crippen LogP contribution >= 0.6 is 23.2 Å². The number of amides is 1. The number of carbonyl (C=O) groups is 1. The van der Waals surface area contributed by atoms with E-state index in [1.54, 1.807) is 38.5 Å². The third-order valence-corrected chi connectivity index (χ3v) is 6.09. The second kappa shape index (κ2) is 8.36. The molecule has 150 valence electrons. The number of nitrogens with one attached hydrogen (secondary N) is 1. The van der Waals surface area contributed by atoms with Crippen molar-refractivity contribution in [3.05, 3.63) is 76.3 Å². The van der Waals surface area contributed by atoms with Gasteiger partial charge in [0.2, 0.25) is 0 Å². The Morgan fingerprint density at radius 3 is 2.45 bits per heavy atom. The fraction of sp³-hybridized carbons (Fsp3) is 0.105. The van der Waals surface area contributed by atoms with Crippen LogP contribution in [-0.4, -0.2) is 31.3 Å². The Balaban J connectivity index is 1.98. The van der Waals surface area contributed by atoms with Gasteiger partial charge in [-0.1, -0.05) is 23.2 Å². The van der Waals surface area contributed by atoms with E-state index in [9.17, 15) is 13.2 Å². The Labute approximate surface area is 178 Å². The molecular weight excluding hydrogens is 435 g/mol. The number of sulfonamides is 1. The summed E-state index contributed by atoms with van der Waals surface area (Å²) in [6, 6.07) is 8.93. The predicted molar refractivity (Wildman–Crippen MR) is 113 cm³/mol. The molecule has 0 saturated carbocycles. The summed E-state index contributed by atoms with van der Waals surface area (Å²) in [6.45, 7) is 1.70. The number of nitrogens with zero attached hydrogens (tertiary/aromatic N) is 3. The maximum atomic E-state index is 12.9. The van der Waals surface area contributed by atoms with E-state index in [-0.39, 0.29) is 21.3 Å². The molecule has 0 fully saturated rings. The van der Waals surface area contributed by atoms with Gasteiger partial charge in [0.1, 0.15) is 0 Å². The molecular formula is C19H16Cl2N4O3S. The minimum absolute atomic E-state index is 0.000243. The molecule has 2 heterocycles. The van der Waals surface area contributed by atoms with Crippen LogP contribution in [0.2, 0.25) is 10.0 Å². The van der Waals surface area contributed by atoms with Crippen molar-refractivity contribution in [3.8, 4) is 0 Å². The maximum Gasteiger partial charge on any atom is 0.278 e. The van der Waals surface area contributed by atoms with Gasteiger partial charge in [0.05, 0.1) is 15.6 Å². The van der Waals surface area contributed by atoms with E-state index in [4.69, 9.17) is 23.2 Å². The number of carbonyl (C=O) groups excluding carboxylic acids is 1. The molecule has 29 heavy (non-hydrogen) atoms. The number of hydrogen-bond donors (Lipinski definition) is 1. The van der Waals surface area contributed by atoms with Crippen molar-refractivity contribution < 1.29 is 13.2 Å². The molecule has 0 atom stereocenters. The number of pyridine rings is 2. The van der Waals surface area contributed by atoms with Crippen LogP contribution in [0.3, 0.4) is 0 Å². The first-order valence-electron chi connectivity index (χ1n) is 8.31. The monoisotopic (exact) mass is 450 g/mol. The summed E-state index contributed by atoms with van der Waals surface area (Å²) in [5, 5.41) is 0.626. The first-order chi connectivity index (χ1) is 13.7. The van der Waals surface area contributed by atoms with Crippen LogP contribution in [0.25, 0.3) is 0 Å². The molecule has 10 heteroatoms. The lowest BCUT2D eigenvalue weighted by molar-refractivity contribution is 0.0989. The van der Waals surface area contributed by atoms with Crippen molar-refractivity contribution in [2.75, 3.05) is 16.7 Å². The SMILES string of the molecule is Cc1cc(S(=O)(=O)Nc2cc(Cl)cnc2C(=O)N(C)c2ccncc2)ccc1Cl. The highest BCUT2D eigenvalue weighted by Crippen LogP contribution is 2.26. The molecule has 7 nitrogen and oxygen atoms in total. The number of aromatic nitrogens is 2. The van der Waals surface area contributed by atoms with Crippen LogP contribution in [0.1, 0.15) is 16.1 Å². The third kappa shape index (κ3) is 4.67. The van der Waals surface area contributed by atoms with Gasteiger partial charge < -0.3 is 4.90 Å². The standard InChI is InChI=1S/C19H16Cl2N4O3S/c1-12-9-15(3-4-16(12)21)29(27,28)24-17-10-13(20)11-23-18(17)19(26)25(2)14-5-7-22-8-6-14/h3-11,24H,1-2H3. The number of aryl methyl sites for hydroxylation is 1. The first kappa shape index (κ1) is 21.0. The van der Waals surface area contributed by atoms with Gasteiger partial charge in [-0.3, -0.25) is 14.5 Å². The summed E-state index contributed by atoms with van der Waals surface area (Å²) >= 11 is 12.0. The van der Waals surface area contributed by atoms with Crippen molar-refractivity contribution in [2.24, 2.45) is 0 Å². The van der Waals surface area contributed by atoms with Crippen LogP contribution in [0, 0.1) is 6.92 Å². The number of halogens is 2. The van der Waals surface area contributed by atoms with Crippen molar-refractivity contribution in [3.63, 3.8) is 0 Å². The van der Waals surface area contributed by atoms with Gasteiger partial charge >= 0.3 is 0 Å². The molecule has 0 bridgehead atoms. The number of anilines is 2. The molecule has 1 N–H and O–H groups in total. The summed E-state index contributed by atoms with van der Waals surface area (Å²) in [5.74, 6) is -0.516. The van der Waals surface area contributed by atoms with Gasteiger partial charge in [0.15, 0.2) is 5.69 Å². The van der Waals surface area contributed by atoms with Crippen LogP contribution < -0.4 is 9.62 Å². The van der Waals surface area contributed by atoms with Gasteiger partial charge in [-0.15, -0.1) is 0 Å². The lowest BCUT2D eigenvalue weighted by Crippen LogP contribution is -2.28. The molecule has 1 aromatic carbocycles. The Hall–Kier alpha value is -2.68. The fourth-order valence-electron chi connectivity index (χ4n) is 2.52. The average molecular weight is 451 g/mol. The van der Waals surface area contributed by atoms with E-state index < -0.39 is 15.9 Å².